The van der Waals surface area contributed by atoms with Crippen molar-refractivity contribution < 1.29 is 18.0 Å². The molecule has 0 spiro atoms. The van der Waals surface area contributed by atoms with Crippen LogP contribution >= 0.6 is 0 Å². The van der Waals surface area contributed by atoms with Gasteiger partial charge in [-0.25, -0.2) is 4.98 Å². The van der Waals surface area contributed by atoms with Gasteiger partial charge >= 0.3 is 6.18 Å². The highest BCUT2D eigenvalue weighted by Crippen LogP contribution is 2.34. The highest BCUT2D eigenvalue weighted by Gasteiger charge is 2.33. The van der Waals surface area contributed by atoms with Gasteiger partial charge in [0.1, 0.15) is 11.4 Å². The van der Waals surface area contributed by atoms with E-state index < -0.39 is 17.8 Å². The summed E-state index contributed by atoms with van der Waals surface area (Å²) >= 11 is 0. The Morgan fingerprint density at radius 1 is 1.12 bits per heavy atom. The molecule has 1 aromatic carbocycles. The summed E-state index contributed by atoms with van der Waals surface area (Å²) in [5.41, 5.74) is -0.0678. The Morgan fingerprint density at radius 3 is 2.50 bits per heavy atom. The molecule has 3 aromatic rings. The molecule has 5 nitrogen and oxygen atoms in total. The number of hydrogen-bond donors (Lipinski definition) is 1. The lowest BCUT2D eigenvalue weighted by Crippen LogP contribution is -2.18. The number of carbonyl (C=O) groups is 1. The first-order chi connectivity index (χ1) is 15.3. The molecule has 1 saturated carbocycles. The molecule has 0 radical (unpaired) electrons. The molecule has 0 saturated heterocycles. The number of aromatic nitrogens is 3. The normalized spacial score (nSPS) is 18.7. The van der Waals surface area contributed by atoms with Crippen LogP contribution in [0.15, 0.2) is 42.6 Å². The quantitative estimate of drug-likeness (QED) is 0.476. The predicted octanol–water partition coefficient (Wildman–Crippen LogP) is 6.87. The Labute approximate surface area is 186 Å². The van der Waals surface area contributed by atoms with Crippen LogP contribution < -0.4 is 5.32 Å². The Hall–Kier alpha value is -2.90. The van der Waals surface area contributed by atoms with Crippen molar-refractivity contribution in [2.24, 2.45) is 5.92 Å². The van der Waals surface area contributed by atoms with E-state index in [4.69, 9.17) is 0 Å². The number of carbonyl (C=O) groups excluding carboxylic acids is 1. The zero-order valence-corrected chi connectivity index (χ0v) is 18.6. The molecule has 2 heterocycles. The van der Waals surface area contributed by atoms with Gasteiger partial charge in [-0.3, -0.25) is 9.48 Å². The molecule has 0 unspecified atom stereocenters. The van der Waals surface area contributed by atoms with Crippen LogP contribution in [0.2, 0.25) is 0 Å². The van der Waals surface area contributed by atoms with E-state index in [0.717, 1.165) is 35.7 Å². The van der Waals surface area contributed by atoms with E-state index in [1.807, 2.05) is 24.7 Å². The SMILES string of the molecule is CC.CCC1CCC(n2cc3cc(NC(=O)c4cccc(C(F)(F)F)n4)ccc3n2)CC1. The van der Waals surface area contributed by atoms with Gasteiger partial charge in [0, 0.05) is 17.3 Å². The Kier molecular flexibility index (Phi) is 7.53. The van der Waals surface area contributed by atoms with Crippen molar-refractivity contribution in [1.82, 2.24) is 14.8 Å². The molecule has 8 heteroatoms. The zero-order chi connectivity index (χ0) is 23.3. The van der Waals surface area contributed by atoms with E-state index in [2.05, 4.69) is 22.3 Å². The first kappa shape index (κ1) is 23.8. The maximum absolute atomic E-state index is 12.8. The molecule has 0 bridgehead atoms. The fraction of sp³-hybridized carbons (Fsp3) is 0.458. The second-order valence-corrected chi connectivity index (χ2v) is 7.83. The molecule has 172 valence electrons. The van der Waals surface area contributed by atoms with E-state index in [-0.39, 0.29) is 5.69 Å². The third kappa shape index (κ3) is 5.47. The van der Waals surface area contributed by atoms with Gasteiger partial charge in [-0.15, -0.1) is 0 Å². The lowest BCUT2D eigenvalue weighted by molar-refractivity contribution is -0.141. The lowest BCUT2D eigenvalue weighted by Gasteiger charge is -2.27. The van der Waals surface area contributed by atoms with Crippen LogP contribution in [0.1, 0.15) is 75.1 Å². The predicted molar refractivity (Wildman–Crippen MR) is 120 cm³/mol. The number of nitrogens with zero attached hydrogens (tertiary/aromatic N) is 3. The Bertz CT molecular complexity index is 1050. The van der Waals surface area contributed by atoms with Crippen molar-refractivity contribution in [1.29, 1.82) is 0 Å². The number of nitrogens with one attached hydrogen (secondary N) is 1. The summed E-state index contributed by atoms with van der Waals surface area (Å²) in [5.74, 6) is 0.114. The van der Waals surface area contributed by atoms with Crippen LogP contribution in [0, 0.1) is 5.92 Å². The molecule has 1 aliphatic rings. The van der Waals surface area contributed by atoms with Crippen LogP contribution in [-0.4, -0.2) is 20.7 Å². The average molecular weight is 447 g/mol. The number of amides is 1. The maximum Gasteiger partial charge on any atom is 0.433 e. The molecule has 2 aromatic heterocycles. The molecule has 0 atom stereocenters. The Balaban J connectivity index is 0.00000141. The van der Waals surface area contributed by atoms with Crippen molar-refractivity contribution >= 4 is 22.5 Å². The highest BCUT2D eigenvalue weighted by atomic mass is 19.4. The first-order valence-corrected chi connectivity index (χ1v) is 11.2. The van der Waals surface area contributed by atoms with Gasteiger partial charge in [-0.1, -0.05) is 33.3 Å². The molecule has 1 aliphatic carbocycles. The second-order valence-electron chi connectivity index (χ2n) is 7.83. The molecule has 32 heavy (non-hydrogen) atoms. The summed E-state index contributed by atoms with van der Waals surface area (Å²) in [6.45, 7) is 6.23. The third-order valence-electron chi connectivity index (χ3n) is 5.82. The van der Waals surface area contributed by atoms with Crippen molar-refractivity contribution in [3.63, 3.8) is 0 Å². The highest BCUT2D eigenvalue weighted by molar-refractivity contribution is 6.03. The molecular formula is C24H29F3N4O. The van der Waals surface area contributed by atoms with Gasteiger partial charge in [-0.2, -0.15) is 18.3 Å². The molecule has 1 N–H and O–H groups in total. The van der Waals surface area contributed by atoms with Gasteiger partial charge in [0.2, 0.25) is 0 Å². The van der Waals surface area contributed by atoms with Crippen LogP contribution in [-0.2, 0) is 6.18 Å². The number of alkyl halides is 3. The van der Waals surface area contributed by atoms with Gasteiger partial charge < -0.3 is 5.32 Å². The van der Waals surface area contributed by atoms with E-state index in [0.29, 0.717) is 11.7 Å². The first-order valence-electron chi connectivity index (χ1n) is 11.2. The summed E-state index contributed by atoms with van der Waals surface area (Å²) in [6, 6.07) is 8.93. The Morgan fingerprint density at radius 2 is 1.84 bits per heavy atom. The van der Waals surface area contributed by atoms with E-state index >= 15 is 0 Å². The minimum Gasteiger partial charge on any atom is -0.321 e. The van der Waals surface area contributed by atoms with E-state index in [1.54, 1.807) is 18.2 Å². The summed E-state index contributed by atoms with van der Waals surface area (Å²) in [6.07, 6.45) is 3.24. The van der Waals surface area contributed by atoms with Gasteiger partial charge in [0.05, 0.1) is 11.6 Å². The van der Waals surface area contributed by atoms with Gasteiger partial charge in [-0.05, 0) is 61.9 Å². The number of pyridine rings is 1. The number of benzene rings is 1. The van der Waals surface area contributed by atoms with E-state index in [1.165, 1.54) is 31.4 Å². The van der Waals surface area contributed by atoms with Crippen LogP contribution in [0.3, 0.4) is 0 Å². The van der Waals surface area contributed by atoms with Crippen molar-refractivity contribution in [2.75, 3.05) is 5.32 Å². The van der Waals surface area contributed by atoms with Gasteiger partial charge in [0.15, 0.2) is 0 Å². The molecule has 1 amide bonds. The summed E-state index contributed by atoms with van der Waals surface area (Å²) in [7, 11) is 0. The number of halogens is 3. The third-order valence-corrected chi connectivity index (χ3v) is 5.82. The average Bonchev–Trinajstić information content (AvgIpc) is 3.23. The van der Waals surface area contributed by atoms with Crippen molar-refractivity contribution in [3.8, 4) is 0 Å². The maximum atomic E-state index is 12.8. The largest absolute Gasteiger partial charge is 0.433 e. The van der Waals surface area contributed by atoms with Crippen molar-refractivity contribution in [2.45, 2.75) is 65.1 Å². The monoisotopic (exact) mass is 446 g/mol. The number of anilines is 1. The number of hydrogen-bond acceptors (Lipinski definition) is 3. The summed E-state index contributed by atoms with van der Waals surface area (Å²) in [4.78, 5) is 15.8. The standard InChI is InChI=1S/C22H23F3N4O.C2H6/c1-2-14-6-9-17(10-7-14)29-13-15-12-16(8-11-18(15)28-29)26-21(30)19-4-3-5-20(27-19)22(23,24)25;1-2/h3-5,8,11-14,17H,2,6-7,9-10H2,1H3,(H,26,30);1-2H3. The smallest absolute Gasteiger partial charge is 0.321 e. The summed E-state index contributed by atoms with van der Waals surface area (Å²) in [5, 5.41) is 8.17. The molecule has 1 fully saturated rings. The van der Waals surface area contributed by atoms with E-state index in [9.17, 15) is 18.0 Å². The van der Waals surface area contributed by atoms with Crippen molar-refractivity contribution in [3.05, 3.63) is 54.0 Å². The lowest BCUT2D eigenvalue weighted by atomic mass is 9.85. The van der Waals surface area contributed by atoms with Crippen LogP contribution in [0.5, 0.6) is 0 Å². The van der Waals surface area contributed by atoms with Crippen LogP contribution in [0.25, 0.3) is 10.9 Å². The molecule has 0 aliphatic heterocycles. The minimum absolute atomic E-state index is 0.284. The van der Waals surface area contributed by atoms with Crippen LogP contribution in [0.4, 0.5) is 18.9 Å². The topological polar surface area (TPSA) is 59.8 Å². The molecular weight excluding hydrogens is 417 g/mol. The second kappa shape index (κ2) is 10.1. The molecule has 4 rings (SSSR count). The van der Waals surface area contributed by atoms with Gasteiger partial charge in [0.25, 0.3) is 5.91 Å². The fourth-order valence-corrected chi connectivity index (χ4v) is 4.04. The fourth-order valence-electron chi connectivity index (χ4n) is 4.04. The minimum atomic E-state index is -4.60. The number of fused-ring (bicyclic) bond motifs is 1. The number of rotatable bonds is 4. The summed E-state index contributed by atoms with van der Waals surface area (Å²) < 4.78 is 40.5. The zero-order valence-electron chi connectivity index (χ0n) is 18.6.